The van der Waals surface area contributed by atoms with Gasteiger partial charge in [0.2, 0.25) is 0 Å². The summed E-state index contributed by atoms with van der Waals surface area (Å²) in [5, 5.41) is 13.6. The Labute approximate surface area is 132 Å². The lowest BCUT2D eigenvalue weighted by Gasteiger charge is -2.20. The van der Waals surface area contributed by atoms with Gasteiger partial charge >= 0.3 is 0 Å². The highest BCUT2D eigenvalue weighted by molar-refractivity contribution is 6.43. The number of rotatable bonds is 5. The maximum atomic E-state index is 12.1. The lowest BCUT2D eigenvalue weighted by Crippen LogP contribution is -2.32. The second kappa shape index (κ2) is 5.81. The molecule has 1 aliphatic carbocycles. The summed E-state index contributed by atoms with van der Waals surface area (Å²) >= 11 is 11.6. The highest BCUT2D eigenvalue weighted by atomic mass is 35.5. The van der Waals surface area contributed by atoms with Crippen molar-refractivity contribution in [3.8, 4) is 0 Å². The predicted octanol–water partition coefficient (Wildman–Crippen LogP) is 4.07. The summed E-state index contributed by atoms with van der Waals surface area (Å²) in [5.74, 6) is 0.115. The van der Waals surface area contributed by atoms with Gasteiger partial charge in [-0.2, -0.15) is 0 Å². The molecular formula is C14H16Cl2N2O3. The molecule has 2 rings (SSSR count). The highest BCUT2D eigenvalue weighted by Crippen LogP contribution is 2.51. The van der Waals surface area contributed by atoms with Gasteiger partial charge in [0.1, 0.15) is 5.02 Å². The Bertz CT molecular complexity index is 598. The number of nitro groups is 1. The average Bonchev–Trinajstić information content (AvgIpc) is 3.19. The van der Waals surface area contributed by atoms with Crippen molar-refractivity contribution in [2.75, 3.05) is 6.54 Å². The molecule has 0 saturated heterocycles. The van der Waals surface area contributed by atoms with Crippen LogP contribution in [0, 0.1) is 21.4 Å². The van der Waals surface area contributed by atoms with Gasteiger partial charge < -0.3 is 5.32 Å². The van der Waals surface area contributed by atoms with Gasteiger partial charge in [-0.25, -0.2) is 0 Å². The number of nitro benzene ring substituents is 1. The van der Waals surface area contributed by atoms with Crippen LogP contribution in [0.2, 0.25) is 10.0 Å². The number of halogens is 2. The molecule has 0 atom stereocenters. The van der Waals surface area contributed by atoms with Gasteiger partial charge in [-0.1, -0.05) is 37.0 Å². The zero-order valence-corrected chi connectivity index (χ0v) is 13.3. The molecule has 1 N–H and O–H groups in total. The van der Waals surface area contributed by atoms with Crippen LogP contribution < -0.4 is 5.32 Å². The molecule has 0 heterocycles. The van der Waals surface area contributed by atoms with Gasteiger partial charge in [0.05, 0.1) is 9.95 Å². The van der Waals surface area contributed by atoms with Gasteiger partial charge in [-0.05, 0) is 30.2 Å². The van der Waals surface area contributed by atoms with Crippen molar-refractivity contribution in [3.05, 3.63) is 37.9 Å². The van der Waals surface area contributed by atoms with E-state index in [0.717, 1.165) is 18.9 Å². The lowest BCUT2D eigenvalue weighted by atomic mass is 9.92. The summed E-state index contributed by atoms with van der Waals surface area (Å²) < 4.78 is 0. The third-order valence-corrected chi connectivity index (χ3v) is 4.98. The second-order valence-electron chi connectivity index (χ2n) is 5.75. The third-order valence-electron chi connectivity index (χ3n) is 4.19. The van der Waals surface area contributed by atoms with Crippen LogP contribution in [-0.4, -0.2) is 17.4 Å². The molecule has 1 saturated carbocycles. The third kappa shape index (κ3) is 3.30. The van der Waals surface area contributed by atoms with E-state index in [9.17, 15) is 14.9 Å². The number of benzene rings is 1. The van der Waals surface area contributed by atoms with E-state index < -0.39 is 4.92 Å². The van der Waals surface area contributed by atoms with Crippen molar-refractivity contribution in [3.63, 3.8) is 0 Å². The molecule has 0 aliphatic heterocycles. The molecule has 1 aromatic rings. The van der Waals surface area contributed by atoms with Gasteiger partial charge in [-0.15, -0.1) is 0 Å². The van der Waals surface area contributed by atoms with Gasteiger partial charge in [0.15, 0.2) is 0 Å². The van der Waals surface area contributed by atoms with Crippen molar-refractivity contribution in [1.29, 1.82) is 0 Å². The number of hydrogen-bond donors (Lipinski definition) is 1. The van der Waals surface area contributed by atoms with Gasteiger partial charge in [-0.3, -0.25) is 14.9 Å². The minimum Gasteiger partial charge on any atom is -0.351 e. The Kier molecular flexibility index (Phi) is 4.44. The molecule has 1 amide bonds. The number of hydrogen-bond acceptors (Lipinski definition) is 3. The molecule has 5 nitrogen and oxygen atoms in total. The molecular weight excluding hydrogens is 315 g/mol. The van der Waals surface area contributed by atoms with E-state index in [1.54, 1.807) is 0 Å². The fraction of sp³-hybridized carbons (Fsp3) is 0.500. The zero-order chi connectivity index (χ0) is 15.8. The Balaban J connectivity index is 2.15. The summed E-state index contributed by atoms with van der Waals surface area (Å²) in [7, 11) is 0. The van der Waals surface area contributed by atoms with E-state index >= 15 is 0 Å². The minimum atomic E-state index is -0.651. The maximum Gasteiger partial charge on any atom is 0.290 e. The number of amides is 1. The zero-order valence-electron chi connectivity index (χ0n) is 11.8. The summed E-state index contributed by atoms with van der Waals surface area (Å²) in [6.45, 7) is 4.82. The number of carbonyl (C=O) groups is 1. The van der Waals surface area contributed by atoms with E-state index in [2.05, 4.69) is 19.2 Å². The van der Waals surface area contributed by atoms with Gasteiger partial charge in [0, 0.05) is 18.2 Å². The Hall–Kier alpha value is -1.33. The number of carbonyl (C=O) groups excluding carboxylic acids is 1. The topological polar surface area (TPSA) is 72.2 Å². The van der Waals surface area contributed by atoms with E-state index in [4.69, 9.17) is 23.2 Å². The normalized spacial score (nSPS) is 15.9. The quantitative estimate of drug-likeness (QED) is 0.653. The predicted molar refractivity (Wildman–Crippen MR) is 82.0 cm³/mol. The van der Waals surface area contributed by atoms with E-state index in [1.165, 1.54) is 6.07 Å². The largest absolute Gasteiger partial charge is 0.351 e. The molecule has 0 unspecified atom stereocenters. The Morgan fingerprint density at radius 3 is 2.52 bits per heavy atom. The van der Waals surface area contributed by atoms with Crippen LogP contribution in [0.4, 0.5) is 5.69 Å². The smallest absolute Gasteiger partial charge is 0.290 e. The molecule has 0 spiro atoms. The Morgan fingerprint density at radius 2 is 2.05 bits per heavy atom. The fourth-order valence-corrected chi connectivity index (χ4v) is 2.71. The highest BCUT2D eigenvalue weighted by Gasteiger charge is 2.45. The van der Waals surface area contributed by atoms with Crippen molar-refractivity contribution in [2.45, 2.75) is 26.7 Å². The molecule has 1 fully saturated rings. The second-order valence-corrected chi connectivity index (χ2v) is 6.53. The first-order valence-corrected chi connectivity index (χ1v) is 7.44. The standard InChI is InChI=1S/C14H16Cl2N2O3/c1-8(2)14(3-4-14)7-17-13(19)9-5-10(15)12(16)11(6-9)18(20)21/h5-6,8H,3-4,7H2,1-2H3,(H,17,19). The van der Waals surface area contributed by atoms with Crippen molar-refractivity contribution in [1.82, 2.24) is 5.32 Å². The summed E-state index contributed by atoms with van der Waals surface area (Å²) in [6, 6.07) is 2.50. The van der Waals surface area contributed by atoms with Crippen LogP contribution in [0.25, 0.3) is 0 Å². The molecule has 21 heavy (non-hydrogen) atoms. The fourth-order valence-electron chi connectivity index (χ4n) is 2.32. The number of nitrogens with one attached hydrogen (secondary N) is 1. The first kappa shape index (κ1) is 16.0. The molecule has 1 aliphatic rings. The summed E-state index contributed by atoms with van der Waals surface area (Å²) in [5.41, 5.74) is -0.0485. The minimum absolute atomic E-state index is 0.000937. The van der Waals surface area contributed by atoms with Crippen LogP contribution in [-0.2, 0) is 0 Å². The molecule has 1 aromatic carbocycles. The average molecular weight is 331 g/mol. The summed E-state index contributed by atoms with van der Waals surface area (Å²) in [4.78, 5) is 22.4. The van der Waals surface area contributed by atoms with E-state index in [-0.39, 0.29) is 32.6 Å². The molecule has 114 valence electrons. The molecule has 7 heteroatoms. The van der Waals surface area contributed by atoms with E-state index in [0.29, 0.717) is 12.5 Å². The van der Waals surface area contributed by atoms with Crippen LogP contribution >= 0.6 is 23.2 Å². The van der Waals surface area contributed by atoms with E-state index in [1.807, 2.05) is 0 Å². The Morgan fingerprint density at radius 1 is 1.43 bits per heavy atom. The van der Waals surface area contributed by atoms with Crippen molar-refractivity contribution in [2.24, 2.45) is 11.3 Å². The molecule has 0 aromatic heterocycles. The lowest BCUT2D eigenvalue weighted by molar-refractivity contribution is -0.384. The first-order chi connectivity index (χ1) is 9.77. The molecule has 0 bridgehead atoms. The van der Waals surface area contributed by atoms with Crippen LogP contribution in [0.5, 0.6) is 0 Å². The summed E-state index contributed by atoms with van der Waals surface area (Å²) in [6.07, 6.45) is 2.18. The maximum absolute atomic E-state index is 12.1. The number of nitrogens with zero attached hydrogens (tertiary/aromatic N) is 1. The van der Waals surface area contributed by atoms with Crippen LogP contribution in [0.15, 0.2) is 12.1 Å². The monoisotopic (exact) mass is 330 g/mol. The molecule has 0 radical (unpaired) electrons. The van der Waals surface area contributed by atoms with Crippen LogP contribution in [0.3, 0.4) is 0 Å². The van der Waals surface area contributed by atoms with Crippen LogP contribution in [0.1, 0.15) is 37.0 Å². The van der Waals surface area contributed by atoms with Crippen molar-refractivity contribution >= 4 is 34.8 Å². The van der Waals surface area contributed by atoms with Gasteiger partial charge in [0.25, 0.3) is 11.6 Å². The van der Waals surface area contributed by atoms with Crippen molar-refractivity contribution < 1.29 is 9.72 Å². The first-order valence-electron chi connectivity index (χ1n) is 6.68. The SMILES string of the molecule is CC(C)C1(CNC(=O)c2cc(Cl)c(Cl)c([N+](=O)[O-])c2)CC1.